The van der Waals surface area contributed by atoms with E-state index in [1.54, 1.807) is 40.7 Å². The van der Waals surface area contributed by atoms with Gasteiger partial charge >= 0.3 is 0 Å². The van der Waals surface area contributed by atoms with Crippen LogP contribution in [0.15, 0.2) is 47.6 Å². The molecule has 29 heavy (non-hydrogen) atoms. The molecule has 7 nitrogen and oxygen atoms in total. The number of hydrogen-bond acceptors (Lipinski definition) is 6. The Bertz CT molecular complexity index is 1040. The molecule has 1 aliphatic heterocycles. The predicted octanol–water partition coefficient (Wildman–Crippen LogP) is 3.45. The molecule has 0 saturated heterocycles. The lowest BCUT2D eigenvalue weighted by Crippen LogP contribution is -2.30. The molecule has 0 fully saturated rings. The van der Waals surface area contributed by atoms with Gasteiger partial charge in [-0.05, 0) is 60.9 Å². The van der Waals surface area contributed by atoms with Gasteiger partial charge in [-0.2, -0.15) is 4.68 Å². The van der Waals surface area contributed by atoms with Crippen molar-refractivity contribution < 1.29 is 9.59 Å². The number of unbranched alkanes of at least 4 members (excludes halogenated alkanes) is 1. The third-order valence-corrected chi connectivity index (χ3v) is 5.91. The second-order valence-electron chi connectivity index (χ2n) is 7.03. The maximum absolute atomic E-state index is 12.4. The standard InChI is InChI=1S/C21H21N5O2S/c1-14-9-10-18(15(2)13-14)26-21(22-23-24-26)29-12-6-5-11-25-19(27)16-7-3-4-8-17(16)20(25)28/h3-4,7-10,13H,5-6,11-12H2,1-2H3. The zero-order valence-corrected chi connectivity index (χ0v) is 17.1. The average molecular weight is 407 g/mol. The summed E-state index contributed by atoms with van der Waals surface area (Å²) >= 11 is 1.57. The van der Waals surface area contributed by atoms with Crippen molar-refractivity contribution in [3.8, 4) is 5.69 Å². The summed E-state index contributed by atoms with van der Waals surface area (Å²) in [6.07, 6.45) is 1.58. The number of aryl methyl sites for hydroxylation is 2. The van der Waals surface area contributed by atoms with Crippen molar-refractivity contribution in [2.45, 2.75) is 31.8 Å². The van der Waals surface area contributed by atoms with Crippen LogP contribution in [0.4, 0.5) is 0 Å². The van der Waals surface area contributed by atoms with Crippen LogP contribution in [0.5, 0.6) is 0 Å². The van der Waals surface area contributed by atoms with Crippen LogP contribution in [0.1, 0.15) is 44.7 Å². The van der Waals surface area contributed by atoms with Gasteiger partial charge in [0.05, 0.1) is 16.8 Å². The summed E-state index contributed by atoms with van der Waals surface area (Å²) in [6.45, 7) is 4.52. The Hall–Kier alpha value is -3.00. The van der Waals surface area contributed by atoms with Crippen molar-refractivity contribution in [3.63, 3.8) is 0 Å². The van der Waals surface area contributed by atoms with Gasteiger partial charge in [0.25, 0.3) is 11.8 Å². The fourth-order valence-corrected chi connectivity index (χ4v) is 4.32. The Kier molecular flexibility index (Phi) is 5.44. The molecule has 148 valence electrons. The zero-order chi connectivity index (χ0) is 20.4. The predicted molar refractivity (Wildman–Crippen MR) is 110 cm³/mol. The quantitative estimate of drug-likeness (QED) is 0.339. The molecular weight excluding hydrogens is 386 g/mol. The Balaban J connectivity index is 1.31. The molecule has 0 radical (unpaired) electrons. The van der Waals surface area contributed by atoms with E-state index in [0.29, 0.717) is 17.7 Å². The first-order valence-electron chi connectivity index (χ1n) is 9.50. The minimum Gasteiger partial charge on any atom is -0.274 e. The van der Waals surface area contributed by atoms with E-state index in [4.69, 9.17) is 0 Å². The molecule has 1 aromatic heterocycles. The maximum Gasteiger partial charge on any atom is 0.261 e. The minimum absolute atomic E-state index is 0.197. The summed E-state index contributed by atoms with van der Waals surface area (Å²) in [6, 6.07) is 13.1. The number of imide groups is 1. The summed E-state index contributed by atoms with van der Waals surface area (Å²) in [5.41, 5.74) is 4.28. The number of carbonyl (C=O) groups is 2. The molecule has 0 atom stereocenters. The SMILES string of the molecule is Cc1ccc(-n2nnnc2SCCCCN2C(=O)c3ccccc3C2=O)c(C)c1. The molecule has 2 aromatic carbocycles. The molecule has 0 bridgehead atoms. The van der Waals surface area contributed by atoms with Crippen molar-refractivity contribution in [3.05, 3.63) is 64.7 Å². The van der Waals surface area contributed by atoms with E-state index in [0.717, 1.165) is 35.0 Å². The number of tetrazole rings is 1. The summed E-state index contributed by atoms with van der Waals surface area (Å²) in [4.78, 5) is 26.1. The molecule has 0 spiro atoms. The number of hydrogen-bond donors (Lipinski definition) is 0. The molecule has 0 aliphatic carbocycles. The Morgan fingerprint density at radius 1 is 0.966 bits per heavy atom. The number of rotatable bonds is 7. The fourth-order valence-electron chi connectivity index (χ4n) is 3.44. The molecule has 1 aliphatic rings. The van der Waals surface area contributed by atoms with Crippen molar-refractivity contribution in [2.24, 2.45) is 0 Å². The highest BCUT2D eigenvalue weighted by Gasteiger charge is 2.34. The number of fused-ring (bicyclic) bond motifs is 1. The first kappa shape index (κ1) is 19.3. The Labute approximate surface area is 173 Å². The number of benzene rings is 2. The number of carbonyl (C=O) groups excluding carboxylic acids is 2. The summed E-state index contributed by atoms with van der Waals surface area (Å²) < 4.78 is 1.75. The fraction of sp³-hybridized carbons (Fsp3) is 0.286. The molecule has 2 amide bonds. The summed E-state index contributed by atoms with van der Waals surface area (Å²) in [5, 5.41) is 12.8. The van der Waals surface area contributed by atoms with E-state index >= 15 is 0 Å². The van der Waals surface area contributed by atoms with Crippen LogP contribution in [-0.4, -0.2) is 49.2 Å². The van der Waals surface area contributed by atoms with Gasteiger partial charge in [-0.1, -0.05) is 41.6 Å². The lowest BCUT2D eigenvalue weighted by Gasteiger charge is -2.13. The highest BCUT2D eigenvalue weighted by Crippen LogP contribution is 2.24. The van der Waals surface area contributed by atoms with E-state index in [-0.39, 0.29) is 11.8 Å². The highest BCUT2D eigenvalue weighted by molar-refractivity contribution is 7.99. The number of thioether (sulfide) groups is 1. The highest BCUT2D eigenvalue weighted by atomic mass is 32.2. The van der Waals surface area contributed by atoms with Crippen LogP contribution < -0.4 is 0 Å². The van der Waals surface area contributed by atoms with E-state index in [2.05, 4.69) is 28.5 Å². The Morgan fingerprint density at radius 2 is 1.69 bits per heavy atom. The lowest BCUT2D eigenvalue weighted by molar-refractivity contribution is 0.0652. The van der Waals surface area contributed by atoms with Gasteiger partial charge in [0.15, 0.2) is 0 Å². The second-order valence-corrected chi connectivity index (χ2v) is 8.09. The van der Waals surface area contributed by atoms with E-state index in [9.17, 15) is 9.59 Å². The smallest absolute Gasteiger partial charge is 0.261 e. The molecule has 0 saturated carbocycles. The van der Waals surface area contributed by atoms with Crippen molar-refractivity contribution >= 4 is 23.6 Å². The molecule has 0 N–H and O–H groups in total. The normalized spacial score (nSPS) is 13.2. The Morgan fingerprint density at radius 3 is 2.38 bits per heavy atom. The van der Waals surface area contributed by atoms with Crippen LogP contribution in [0, 0.1) is 13.8 Å². The zero-order valence-electron chi connectivity index (χ0n) is 16.3. The molecular formula is C21H21N5O2S. The summed E-state index contributed by atoms with van der Waals surface area (Å²) in [5.74, 6) is 0.406. The first-order valence-corrected chi connectivity index (χ1v) is 10.5. The molecule has 0 unspecified atom stereocenters. The third kappa shape index (κ3) is 3.80. The number of nitrogens with zero attached hydrogens (tertiary/aromatic N) is 5. The van der Waals surface area contributed by atoms with Crippen molar-refractivity contribution in [1.29, 1.82) is 0 Å². The van der Waals surface area contributed by atoms with Gasteiger partial charge < -0.3 is 0 Å². The monoisotopic (exact) mass is 407 g/mol. The molecule has 2 heterocycles. The maximum atomic E-state index is 12.4. The topological polar surface area (TPSA) is 81.0 Å². The molecule has 8 heteroatoms. The first-order chi connectivity index (χ1) is 14.1. The average Bonchev–Trinajstić information content (AvgIpc) is 3.26. The van der Waals surface area contributed by atoms with Gasteiger partial charge in [-0.3, -0.25) is 14.5 Å². The van der Waals surface area contributed by atoms with Gasteiger partial charge in [0, 0.05) is 12.3 Å². The van der Waals surface area contributed by atoms with Crippen LogP contribution in [-0.2, 0) is 0 Å². The van der Waals surface area contributed by atoms with Gasteiger partial charge in [-0.25, -0.2) is 0 Å². The van der Waals surface area contributed by atoms with E-state index in [1.807, 2.05) is 19.1 Å². The van der Waals surface area contributed by atoms with Crippen molar-refractivity contribution in [2.75, 3.05) is 12.3 Å². The lowest BCUT2D eigenvalue weighted by atomic mass is 10.1. The van der Waals surface area contributed by atoms with Gasteiger partial charge in [-0.15, -0.1) is 5.10 Å². The number of amides is 2. The van der Waals surface area contributed by atoms with Crippen LogP contribution in [0.3, 0.4) is 0 Å². The largest absolute Gasteiger partial charge is 0.274 e. The van der Waals surface area contributed by atoms with Crippen molar-refractivity contribution in [1.82, 2.24) is 25.1 Å². The molecule has 4 rings (SSSR count). The van der Waals surface area contributed by atoms with Crippen LogP contribution in [0.25, 0.3) is 5.69 Å². The van der Waals surface area contributed by atoms with E-state index < -0.39 is 0 Å². The van der Waals surface area contributed by atoms with Crippen LogP contribution in [0.2, 0.25) is 0 Å². The second kappa shape index (κ2) is 8.16. The van der Waals surface area contributed by atoms with E-state index in [1.165, 1.54) is 10.5 Å². The van der Waals surface area contributed by atoms with Gasteiger partial charge in [0.2, 0.25) is 5.16 Å². The minimum atomic E-state index is -0.197. The number of aromatic nitrogens is 4. The third-order valence-electron chi connectivity index (χ3n) is 4.91. The van der Waals surface area contributed by atoms with Crippen LogP contribution >= 0.6 is 11.8 Å². The summed E-state index contributed by atoms with van der Waals surface area (Å²) in [7, 11) is 0. The molecule has 3 aromatic rings. The van der Waals surface area contributed by atoms with Gasteiger partial charge in [0.1, 0.15) is 0 Å².